The van der Waals surface area contributed by atoms with Crippen molar-refractivity contribution in [3.8, 4) is 5.75 Å². The molecule has 0 spiro atoms. The zero-order valence-electron chi connectivity index (χ0n) is 8.28. The van der Waals surface area contributed by atoms with Crippen molar-refractivity contribution >= 4 is 23.4 Å². The fraction of sp³-hybridized carbons (Fsp3) is 0.375. The number of rotatable bonds is 4. The molecule has 0 saturated heterocycles. The first-order chi connectivity index (χ1) is 7.19. The molecule has 0 bridgehead atoms. The molecule has 0 fully saturated rings. The molecule has 0 amide bonds. The molecule has 0 aliphatic heterocycles. The van der Waals surface area contributed by atoms with Crippen molar-refractivity contribution in [2.45, 2.75) is 0 Å². The summed E-state index contributed by atoms with van der Waals surface area (Å²) in [6.07, 6.45) is 1.27. The minimum Gasteiger partial charge on any atom is -0.490 e. The lowest BCUT2D eigenvalue weighted by molar-refractivity contribution is -0.138. The van der Waals surface area contributed by atoms with E-state index in [1.807, 2.05) is 0 Å². The van der Waals surface area contributed by atoms with E-state index in [9.17, 15) is 4.79 Å². The van der Waals surface area contributed by atoms with E-state index in [0.717, 1.165) is 0 Å². The maximum absolute atomic E-state index is 10.9. The third-order valence-electron chi connectivity index (χ3n) is 1.59. The number of hydrogen-bond donors (Lipinski definition) is 1. The number of anilines is 1. The molecule has 0 aromatic carbocycles. The van der Waals surface area contributed by atoms with Crippen LogP contribution in [0.15, 0.2) is 6.33 Å². The first kappa shape index (κ1) is 11.5. The fourth-order valence-corrected chi connectivity index (χ4v) is 1.10. The van der Waals surface area contributed by atoms with E-state index in [2.05, 4.69) is 20.0 Å². The summed E-state index contributed by atoms with van der Waals surface area (Å²) in [6, 6.07) is 0. The highest BCUT2D eigenvalue weighted by atomic mass is 35.5. The SMILES string of the molecule is COC(=O)CNc1ncnc(Cl)c1OC. The summed E-state index contributed by atoms with van der Waals surface area (Å²) < 4.78 is 9.43. The Hall–Kier alpha value is -1.56. The highest BCUT2D eigenvalue weighted by Crippen LogP contribution is 2.27. The van der Waals surface area contributed by atoms with Gasteiger partial charge in [-0.3, -0.25) is 4.79 Å². The number of ether oxygens (including phenoxy) is 2. The molecule has 1 rings (SSSR count). The van der Waals surface area contributed by atoms with Crippen molar-refractivity contribution in [3.63, 3.8) is 0 Å². The predicted molar refractivity (Wildman–Crippen MR) is 54.1 cm³/mol. The molecule has 0 atom stereocenters. The van der Waals surface area contributed by atoms with Crippen LogP contribution in [-0.2, 0) is 9.53 Å². The first-order valence-corrected chi connectivity index (χ1v) is 4.42. The molecule has 0 unspecified atom stereocenters. The van der Waals surface area contributed by atoms with Crippen molar-refractivity contribution in [2.75, 3.05) is 26.1 Å². The average Bonchev–Trinajstić information content (AvgIpc) is 2.25. The highest BCUT2D eigenvalue weighted by Gasteiger charge is 2.10. The summed E-state index contributed by atoms with van der Waals surface area (Å²) in [5.41, 5.74) is 0. The second kappa shape index (κ2) is 5.35. The molecule has 15 heavy (non-hydrogen) atoms. The van der Waals surface area contributed by atoms with Gasteiger partial charge in [0.05, 0.1) is 14.2 Å². The van der Waals surface area contributed by atoms with Crippen LogP contribution in [0.25, 0.3) is 0 Å². The second-order valence-electron chi connectivity index (χ2n) is 2.48. The molecule has 0 aliphatic carbocycles. The van der Waals surface area contributed by atoms with Crippen LogP contribution in [0, 0.1) is 0 Å². The van der Waals surface area contributed by atoms with Crippen LogP contribution in [0.2, 0.25) is 5.15 Å². The van der Waals surface area contributed by atoms with Gasteiger partial charge >= 0.3 is 5.97 Å². The largest absolute Gasteiger partial charge is 0.490 e. The molecule has 0 aliphatic rings. The van der Waals surface area contributed by atoms with E-state index >= 15 is 0 Å². The topological polar surface area (TPSA) is 73.3 Å². The van der Waals surface area contributed by atoms with Crippen LogP contribution in [-0.4, -0.2) is 36.7 Å². The average molecular weight is 232 g/mol. The van der Waals surface area contributed by atoms with Crippen LogP contribution in [0.3, 0.4) is 0 Å². The summed E-state index contributed by atoms with van der Waals surface area (Å²) in [4.78, 5) is 18.5. The summed E-state index contributed by atoms with van der Waals surface area (Å²) in [7, 11) is 2.74. The number of halogens is 1. The van der Waals surface area contributed by atoms with E-state index in [4.69, 9.17) is 16.3 Å². The maximum atomic E-state index is 10.9. The van der Waals surface area contributed by atoms with Crippen molar-refractivity contribution < 1.29 is 14.3 Å². The Morgan fingerprint density at radius 3 is 2.87 bits per heavy atom. The predicted octanol–water partition coefficient (Wildman–Crippen LogP) is 0.723. The smallest absolute Gasteiger partial charge is 0.325 e. The van der Waals surface area contributed by atoms with Gasteiger partial charge in [0, 0.05) is 0 Å². The fourth-order valence-electron chi connectivity index (χ4n) is 0.887. The zero-order valence-corrected chi connectivity index (χ0v) is 9.04. The quantitative estimate of drug-likeness (QED) is 0.608. The summed E-state index contributed by atoms with van der Waals surface area (Å²) in [6.45, 7) is -0.0137. The van der Waals surface area contributed by atoms with Gasteiger partial charge in [-0.15, -0.1) is 0 Å². The lowest BCUT2D eigenvalue weighted by atomic mass is 10.5. The molecule has 82 valence electrons. The molecular formula is C8H10ClN3O3. The molecule has 1 heterocycles. The lowest BCUT2D eigenvalue weighted by Gasteiger charge is -2.09. The number of methoxy groups -OCH3 is 2. The van der Waals surface area contributed by atoms with Gasteiger partial charge in [-0.05, 0) is 0 Å². The van der Waals surface area contributed by atoms with Gasteiger partial charge in [-0.25, -0.2) is 9.97 Å². The third kappa shape index (κ3) is 2.95. The van der Waals surface area contributed by atoms with Gasteiger partial charge in [0.15, 0.2) is 16.7 Å². The van der Waals surface area contributed by atoms with Crippen molar-refractivity contribution in [1.82, 2.24) is 9.97 Å². The monoisotopic (exact) mass is 231 g/mol. The van der Waals surface area contributed by atoms with E-state index in [1.54, 1.807) is 0 Å². The number of esters is 1. The van der Waals surface area contributed by atoms with Gasteiger partial charge in [0.1, 0.15) is 12.9 Å². The zero-order chi connectivity index (χ0) is 11.3. The number of hydrogen-bond acceptors (Lipinski definition) is 6. The molecule has 0 radical (unpaired) electrons. The summed E-state index contributed by atoms with van der Waals surface area (Å²) in [5.74, 6) is 0.234. The van der Waals surface area contributed by atoms with E-state index < -0.39 is 5.97 Å². The molecule has 7 heteroatoms. The van der Waals surface area contributed by atoms with E-state index in [0.29, 0.717) is 11.6 Å². The Labute approximate surface area is 91.6 Å². The second-order valence-corrected chi connectivity index (χ2v) is 2.83. The van der Waals surface area contributed by atoms with Gasteiger partial charge in [-0.1, -0.05) is 11.6 Å². The number of aromatic nitrogens is 2. The van der Waals surface area contributed by atoms with Crippen LogP contribution < -0.4 is 10.1 Å². The molecule has 1 aromatic rings. The van der Waals surface area contributed by atoms with E-state index in [1.165, 1.54) is 20.5 Å². The minimum absolute atomic E-state index is 0.0137. The van der Waals surface area contributed by atoms with Crippen LogP contribution >= 0.6 is 11.6 Å². The number of nitrogens with one attached hydrogen (secondary N) is 1. The van der Waals surface area contributed by atoms with Gasteiger partial charge in [-0.2, -0.15) is 0 Å². The number of nitrogens with zero attached hydrogens (tertiary/aromatic N) is 2. The molecular weight excluding hydrogens is 222 g/mol. The Bertz CT molecular complexity index is 359. The van der Waals surface area contributed by atoms with E-state index in [-0.39, 0.29) is 11.7 Å². The summed E-state index contributed by atoms with van der Waals surface area (Å²) >= 11 is 5.75. The Morgan fingerprint density at radius 1 is 1.53 bits per heavy atom. The third-order valence-corrected chi connectivity index (χ3v) is 1.86. The molecule has 0 saturated carbocycles. The maximum Gasteiger partial charge on any atom is 0.325 e. The van der Waals surface area contributed by atoms with Gasteiger partial charge in [0.2, 0.25) is 0 Å². The lowest BCUT2D eigenvalue weighted by Crippen LogP contribution is -2.16. The Morgan fingerprint density at radius 2 is 2.27 bits per heavy atom. The Balaban J connectivity index is 2.76. The Kier molecular flexibility index (Phi) is 4.11. The van der Waals surface area contributed by atoms with Crippen molar-refractivity contribution in [2.24, 2.45) is 0 Å². The molecule has 6 nitrogen and oxygen atoms in total. The van der Waals surface area contributed by atoms with Crippen molar-refractivity contribution in [3.05, 3.63) is 11.5 Å². The van der Waals surface area contributed by atoms with Crippen LogP contribution in [0.4, 0.5) is 5.82 Å². The number of carbonyl (C=O) groups excluding carboxylic acids is 1. The first-order valence-electron chi connectivity index (χ1n) is 4.04. The number of carbonyl (C=O) groups is 1. The van der Waals surface area contributed by atoms with Crippen molar-refractivity contribution in [1.29, 1.82) is 0 Å². The summed E-state index contributed by atoms with van der Waals surface area (Å²) in [5, 5.41) is 2.90. The van der Waals surface area contributed by atoms with Crippen LogP contribution in [0.5, 0.6) is 5.75 Å². The van der Waals surface area contributed by atoms with Gasteiger partial charge in [0.25, 0.3) is 0 Å². The standard InChI is InChI=1S/C8H10ClN3O3/c1-14-5(13)3-10-8-6(15-2)7(9)11-4-12-8/h4H,3H2,1-2H3,(H,10,11,12). The van der Waals surface area contributed by atoms with Crippen LogP contribution in [0.1, 0.15) is 0 Å². The molecule has 1 aromatic heterocycles. The van der Waals surface area contributed by atoms with Gasteiger partial charge < -0.3 is 14.8 Å². The minimum atomic E-state index is -0.410. The highest BCUT2D eigenvalue weighted by molar-refractivity contribution is 6.31. The molecule has 1 N–H and O–H groups in total. The normalized spacial score (nSPS) is 9.53.